The first kappa shape index (κ1) is 13.0. The molecule has 0 aliphatic heterocycles. The van der Waals surface area contributed by atoms with Gasteiger partial charge in [-0.25, -0.2) is 0 Å². The van der Waals surface area contributed by atoms with Crippen LogP contribution in [0, 0.1) is 17.2 Å². The van der Waals surface area contributed by atoms with Crippen molar-refractivity contribution < 1.29 is 4.79 Å². The van der Waals surface area contributed by atoms with Crippen molar-refractivity contribution in [2.75, 3.05) is 0 Å². The highest BCUT2D eigenvalue weighted by molar-refractivity contribution is 5.77. The van der Waals surface area contributed by atoms with Gasteiger partial charge in [-0.3, -0.25) is 4.79 Å². The Kier molecular flexibility index (Phi) is 5.22. The van der Waals surface area contributed by atoms with Gasteiger partial charge >= 0.3 is 0 Å². The maximum Gasteiger partial charge on any atom is 0.221 e. The predicted octanol–water partition coefficient (Wildman–Crippen LogP) is 2.23. The molecule has 0 aliphatic rings. The van der Waals surface area contributed by atoms with Crippen LogP contribution in [0.4, 0.5) is 0 Å². The van der Waals surface area contributed by atoms with E-state index < -0.39 is 5.54 Å². The molecule has 0 heterocycles. The minimum Gasteiger partial charge on any atom is -0.338 e. The van der Waals surface area contributed by atoms with Crippen LogP contribution in [0.2, 0.25) is 0 Å². The van der Waals surface area contributed by atoms with Gasteiger partial charge in [-0.15, -0.1) is 0 Å². The number of nitriles is 1. The van der Waals surface area contributed by atoms with Crippen molar-refractivity contribution in [3.05, 3.63) is 0 Å². The van der Waals surface area contributed by atoms with Crippen LogP contribution >= 0.6 is 0 Å². The fourth-order valence-electron chi connectivity index (χ4n) is 1.01. The Bertz CT molecular complexity index is 232. The van der Waals surface area contributed by atoms with E-state index in [1.165, 1.54) is 0 Å². The topological polar surface area (TPSA) is 52.9 Å². The molecule has 0 saturated heterocycles. The van der Waals surface area contributed by atoms with E-state index in [2.05, 4.69) is 18.3 Å². The zero-order chi connectivity index (χ0) is 11.2. The molecule has 0 rings (SSSR count). The van der Waals surface area contributed by atoms with Crippen molar-refractivity contribution in [2.24, 2.45) is 5.92 Å². The van der Waals surface area contributed by atoms with Gasteiger partial charge in [0.15, 0.2) is 0 Å². The second kappa shape index (κ2) is 5.64. The molecule has 2 unspecified atom stereocenters. The lowest BCUT2D eigenvalue weighted by atomic mass is 9.99. The lowest BCUT2D eigenvalue weighted by Gasteiger charge is -2.22. The molecule has 3 heteroatoms. The minimum atomic E-state index is -0.704. The molecule has 1 amide bonds. The van der Waals surface area contributed by atoms with Crippen molar-refractivity contribution in [3.8, 4) is 6.07 Å². The number of nitrogens with one attached hydrogen (secondary N) is 1. The third kappa shape index (κ3) is 4.27. The quantitative estimate of drug-likeness (QED) is 0.733. The molecule has 1 N–H and O–H groups in total. The zero-order valence-electron chi connectivity index (χ0n) is 9.55. The number of amides is 1. The molecule has 2 atom stereocenters. The fourth-order valence-corrected chi connectivity index (χ4v) is 1.01. The molecule has 0 saturated carbocycles. The van der Waals surface area contributed by atoms with Gasteiger partial charge < -0.3 is 5.32 Å². The summed E-state index contributed by atoms with van der Waals surface area (Å²) in [6, 6.07) is 2.12. The van der Waals surface area contributed by atoms with E-state index in [1.807, 2.05) is 13.8 Å². The first-order valence-corrected chi connectivity index (χ1v) is 5.19. The Morgan fingerprint density at radius 2 is 2.14 bits per heavy atom. The highest BCUT2D eigenvalue weighted by Gasteiger charge is 2.23. The highest BCUT2D eigenvalue weighted by atomic mass is 16.1. The molecular formula is C11H20N2O. The third-order valence-corrected chi connectivity index (χ3v) is 2.60. The standard InChI is InChI=1S/C11H20N2O/c1-5-9(3)7-10(14)13-11(4,6-2)8-12/h9H,5-7H2,1-4H3,(H,13,14). The van der Waals surface area contributed by atoms with Crippen LogP contribution in [0.1, 0.15) is 47.0 Å². The Hall–Kier alpha value is -1.04. The third-order valence-electron chi connectivity index (χ3n) is 2.60. The molecule has 0 aromatic heterocycles. The van der Waals surface area contributed by atoms with Crippen LogP contribution in [0.15, 0.2) is 0 Å². The second-order valence-electron chi connectivity index (χ2n) is 4.06. The Morgan fingerprint density at radius 1 is 1.57 bits per heavy atom. The summed E-state index contributed by atoms with van der Waals surface area (Å²) in [5, 5.41) is 11.6. The van der Waals surface area contributed by atoms with Gasteiger partial charge in [-0.05, 0) is 19.3 Å². The minimum absolute atomic E-state index is 0.0229. The SMILES string of the molecule is CCC(C)CC(=O)NC(C)(C#N)CC. The van der Waals surface area contributed by atoms with Crippen molar-refractivity contribution >= 4 is 5.91 Å². The Labute approximate surface area is 86.5 Å². The molecule has 0 fully saturated rings. The number of carbonyl (C=O) groups is 1. The highest BCUT2D eigenvalue weighted by Crippen LogP contribution is 2.10. The number of rotatable bonds is 5. The van der Waals surface area contributed by atoms with Crippen LogP contribution < -0.4 is 5.32 Å². The van der Waals surface area contributed by atoms with Crippen molar-refractivity contribution in [1.29, 1.82) is 5.26 Å². The maximum atomic E-state index is 11.5. The average molecular weight is 196 g/mol. The number of carbonyl (C=O) groups excluding carboxylic acids is 1. The zero-order valence-corrected chi connectivity index (χ0v) is 9.55. The molecular weight excluding hydrogens is 176 g/mol. The summed E-state index contributed by atoms with van der Waals surface area (Å²) in [5.74, 6) is 0.361. The average Bonchev–Trinajstić information content (AvgIpc) is 2.17. The smallest absolute Gasteiger partial charge is 0.221 e. The molecule has 0 spiro atoms. The van der Waals surface area contributed by atoms with Crippen LogP contribution in [0.3, 0.4) is 0 Å². The van der Waals surface area contributed by atoms with E-state index in [0.29, 0.717) is 18.8 Å². The molecule has 0 aliphatic carbocycles. The van der Waals surface area contributed by atoms with Crippen LogP contribution in [-0.4, -0.2) is 11.4 Å². The maximum absolute atomic E-state index is 11.5. The fraction of sp³-hybridized carbons (Fsp3) is 0.818. The summed E-state index contributed by atoms with van der Waals surface area (Å²) >= 11 is 0. The lowest BCUT2D eigenvalue weighted by Crippen LogP contribution is -2.44. The van der Waals surface area contributed by atoms with E-state index in [4.69, 9.17) is 5.26 Å². The first-order valence-electron chi connectivity index (χ1n) is 5.19. The molecule has 3 nitrogen and oxygen atoms in total. The van der Waals surface area contributed by atoms with Gasteiger partial charge in [0.1, 0.15) is 5.54 Å². The van der Waals surface area contributed by atoms with Crippen LogP contribution in [0.5, 0.6) is 0 Å². The lowest BCUT2D eigenvalue weighted by molar-refractivity contribution is -0.123. The molecule has 0 bridgehead atoms. The second-order valence-corrected chi connectivity index (χ2v) is 4.06. The van der Waals surface area contributed by atoms with E-state index in [9.17, 15) is 4.79 Å². The van der Waals surface area contributed by atoms with E-state index >= 15 is 0 Å². The van der Waals surface area contributed by atoms with Crippen molar-refractivity contribution in [3.63, 3.8) is 0 Å². The van der Waals surface area contributed by atoms with Gasteiger partial charge in [0, 0.05) is 6.42 Å². The molecule has 80 valence electrons. The largest absolute Gasteiger partial charge is 0.338 e. The summed E-state index contributed by atoms with van der Waals surface area (Å²) in [5.41, 5.74) is -0.704. The van der Waals surface area contributed by atoms with Gasteiger partial charge in [0.2, 0.25) is 5.91 Å². The van der Waals surface area contributed by atoms with Gasteiger partial charge in [0.05, 0.1) is 6.07 Å². The predicted molar refractivity (Wildman–Crippen MR) is 56.5 cm³/mol. The van der Waals surface area contributed by atoms with Gasteiger partial charge in [0.25, 0.3) is 0 Å². The van der Waals surface area contributed by atoms with E-state index in [1.54, 1.807) is 6.92 Å². The van der Waals surface area contributed by atoms with Crippen molar-refractivity contribution in [2.45, 2.75) is 52.5 Å². The molecule has 14 heavy (non-hydrogen) atoms. The summed E-state index contributed by atoms with van der Waals surface area (Å²) in [6.45, 7) is 7.74. The van der Waals surface area contributed by atoms with Gasteiger partial charge in [-0.2, -0.15) is 5.26 Å². The molecule has 0 aromatic carbocycles. The number of hydrogen-bond donors (Lipinski definition) is 1. The Balaban J connectivity index is 4.12. The van der Waals surface area contributed by atoms with Crippen molar-refractivity contribution in [1.82, 2.24) is 5.32 Å². The summed E-state index contributed by atoms with van der Waals surface area (Å²) in [7, 11) is 0. The summed E-state index contributed by atoms with van der Waals surface area (Å²) in [4.78, 5) is 11.5. The molecule has 0 aromatic rings. The monoisotopic (exact) mass is 196 g/mol. The summed E-state index contributed by atoms with van der Waals surface area (Å²) < 4.78 is 0. The van der Waals surface area contributed by atoms with Gasteiger partial charge in [-0.1, -0.05) is 27.2 Å². The number of hydrogen-bond acceptors (Lipinski definition) is 2. The van der Waals surface area contributed by atoms with E-state index in [0.717, 1.165) is 6.42 Å². The van der Waals surface area contributed by atoms with Crippen LogP contribution in [-0.2, 0) is 4.79 Å². The Morgan fingerprint density at radius 3 is 2.50 bits per heavy atom. The van der Waals surface area contributed by atoms with Crippen LogP contribution in [0.25, 0.3) is 0 Å². The normalized spacial score (nSPS) is 16.5. The number of nitrogens with zero attached hydrogens (tertiary/aromatic N) is 1. The van der Waals surface area contributed by atoms with E-state index in [-0.39, 0.29) is 5.91 Å². The first-order chi connectivity index (χ1) is 6.47. The molecule has 0 radical (unpaired) electrons. The summed E-state index contributed by atoms with van der Waals surface area (Å²) in [6.07, 6.45) is 2.13.